The van der Waals surface area contributed by atoms with E-state index >= 15 is 0 Å². The van der Waals surface area contributed by atoms with Crippen LogP contribution in [0.4, 0.5) is 0 Å². The predicted molar refractivity (Wildman–Crippen MR) is 356 cm³/mol. The smallest absolute Gasteiger partial charge is 0.305 e. The van der Waals surface area contributed by atoms with Crippen LogP contribution in [-0.2, 0) is 14.3 Å². The molecule has 81 heavy (non-hydrogen) atoms. The first-order valence-electron chi connectivity index (χ1n) is 37.1. The molecule has 0 fully saturated rings. The summed E-state index contributed by atoms with van der Waals surface area (Å²) in [6.45, 7) is 4.96. The topological polar surface area (TPSA) is 95.9 Å². The van der Waals surface area contributed by atoms with Crippen LogP contribution >= 0.6 is 0 Å². The van der Waals surface area contributed by atoms with Crippen molar-refractivity contribution in [2.45, 2.75) is 431 Å². The molecule has 480 valence electrons. The molecule has 0 aromatic rings. The maximum atomic E-state index is 12.5. The van der Waals surface area contributed by atoms with Gasteiger partial charge in [0.05, 0.1) is 25.4 Å². The number of amides is 1. The number of unbranched alkanes of at least 4 members (excludes halogenated alkanes) is 55. The third kappa shape index (κ3) is 67.3. The molecule has 3 N–H and O–H groups in total. The first-order chi connectivity index (χ1) is 40.0. The number of esters is 1. The van der Waals surface area contributed by atoms with Crippen molar-refractivity contribution in [2.75, 3.05) is 13.2 Å². The van der Waals surface area contributed by atoms with Crippen molar-refractivity contribution in [3.63, 3.8) is 0 Å². The van der Waals surface area contributed by atoms with E-state index in [4.69, 9.17) is 4.74 Å². The van der Waals surface area contributed by atoms with E-state index < -0.39 is 12.1 Å². The Balaban J connectivity index is 3.31. The van der Waals surface area contributed by atoms with Crippen LogP contribution in [0.25, 0.3) is 0 Å². The number of aliphatic hydroxyl groups excluding tert-OH is 2. The zero-order valence-corrected chi connectivity index (χ0v) is 55.0. The van der Waals surface area contributed by atoms with Crippen LogP contribution < -0.4 is 5.32 Å². The van der Waals surface area contributed by atoms with Gasteiger partial charge in [-0.2, -0.15) is 0 Å². The molecule has 2 unspecified atom stereocenters. The normalized spacial score (nSPS) is 12.6. The Morgan fingerprint density at radius 2 is 0.580 bits per heavy atom. The van der Waals surface area contributed by atoms with Gasteiger partial charge in [0.2, 0.25) is 5.91 Å². The van der Waals surface area contributed by atoms with Crippen LogP contribution in [0.2, 0.25) is 0 Å². The summed E-state index contributed by atoms with van der Waals surface area (Å²) in [5.41, 5.74) is 0. The van der Waals surface area contributed by atoms with Crippen molar-refractivity contribution in [3.05, 3.63) is 24.3 Å². The van der Waals surface area contributed by atoms with Crippen molar-refractivity contribution in [3.8, 4) is 0 Å². The number of nitrogens with one attached hydrogen (secondary N) is 1. The number of rotatable bonds is 70. The minimum Gasteiger partial charge on any atom is -0.466 e. The molecule has 0 aromatic carbocycles. The van der Waals surface area contributed by atoms with E-state index in [0.29, 0.717) is 25.9 Å². The Kier molecular flexibility index (Phi) is 69.4. The SMILES string of the molecule is CCCCC/C=C\CCCCCCCC(=O)OCCCCCCCCCCCCCCCCCCCC/C=C\CCCCCCCCCCCCCCCCCCCC(=O)NC(CO)C(O)CCCCCCCCCCCCCCC. The summed E-state index contributed by atoms with van der Waals surface area (Å²) in [6, 6.07) is -0.537. The molecule has 0 spiro atoms. The van der Waals surface area contributed by atoms with Crippen molar-refractivity contribution >= 4 is 11.9 Å². The molecule has 6 nitrogen and oxygen atoms in total. The van der Waals surface area contributed by atoms with E-state index in [1.165, 1.54) is 340 Å². The number of hydrogen-bond donors (Lipinski definition) is 3. The molecule has 0 saturated carbocycles. The molecular formula is C75H145NO5. The second-order valence-electron chi connectivity index (χ2n) is 25.6. The minimum absolute atomic E-state index is 0.0128. The summed E-state index contributed by atoms with van der Waals surface area (Å²) >= 11 is 0. The number of ether oxygens (including phenoxy) is 1. The molecule has 6 heteroatoms. The quantitative estimate of drug-likeness (QED) is 0.0320. The minimum atomic E-state index is -0.660. The van der Waals surface area contributed by atoms with E-state index in [-0.39, 0.29) is 18.5 Å². The highest BCUT2D eigenvalue weighted by molar-refractivity contribution is 5.76. The van der Waals surface area contributed by atoms with E-state index in [1.54, 1.807) is 0 Å². The predicted octanol–water partition coefficient (Wildman–Crippen LogP) is 24.1. The average Bonchev–Trinajstić information content (AvgIpc) is 3.47. The number of allylic oxidation sites excluding steroid dienone is 4. The summed E-state index contributed by atoms with van der Waals surface area (Å²) in [5.74, 6) is -0.0155. The van der Waals surface area contributed by atoms with Gasteiger partial charge >= 0.3 is 5.97 Å². The lowest BCUT2D eigenvalue weighted by atomic mass is 10.0. The van der Waals surface area contributed by atoms with Gasteiger partial charge in [0, 0.05) is 12.8 Å². The number of aliphatic hydroxyl groups is 2. The maximum absolute atomic E-state index is 12.5. The van der Waals surface area contributed by atoms with E-state index in [9.17, 15) is 19.8 Å². The molecule has 0 radical (unpaired) electrons. The first-order valence-corrected chi connectivity index (χ1v) is 37.1. The van der Waals surface area contributed by atoms with E-state index in [1.807, 2.05) is 0 Å². The van der Waals surface area contributed by atoms with Gasteiger partial charge in [-0.05, 0) is 77.0 Å². The Hall–Kier alpha value is -1.66. The largest absolute Gasteiger partial charge is 0.466 e. The standard InChI is InChI=1S/C75H145NO5/c1-3-5-7-9-11-13-15-44-47-51-55-59-63-67-73(78)72(71-77)76-74(79)68-64-60-56-52-48-45-42-40-38-36-34-32-30-28-26-24-22-20-18-17-19-21-23-25-27-29-31-33-35-37-39-41-43-46-50-54-58-62-66-70-81-75(80)69-65-61-57-53-49-16-14-12-10-8-6-4-2/h12,14,17-18,72-73,77-78H,3-11,13,15-16,19-71H2,1-2H3,(H,76,79)/b14-12-,18-17-. The van der Waals surface area contributed by atoms with Crippen LogP contribution in [0.3, 0.4) is 0 Å². The zero-order valence-electron chi connectivity index (χ0n) is 55.0. The molecule has 0 rings (SSSR count). The van der Waals surface area contributed by atoms with E-state index in [2.05, 4.69) is 43.5 Å². The van der Waals surface area contributed by atoms with Crippen LogP contribution in [0.15, 0.2) is 24.3 Å². The molecule has 0 aliphatic carbocycles. The number of carbonyl (C=O) groups is 2. The van der Waals surface area contributed by atoms with Crippen molar-refractivity contribution in [2.24, 2.45) is 0 Å². The van der Waals surface area contributed by atoms with Gasteiger partial charge < -0.3 is 20.3 Å². The molecule has 0 saturated heterocycles. The molecule has 0 aliphatic rings. The van der Waals surface area contributed by atoms with Gasteiger partial charge in [0.25, 0.3) is 0 Å². The van der Waals surface area contributed by atoms with Crippen molar-refractivity contribution < 1.29 is 24.5 Å². The van der Waals surface area contributed by atoms with E-state index in [0.717, 1.165) is 44.9 Å². The Morgan fingerprint density at radius 1 is 0.333 bits per heavy atom. The summed E-state index contributed by atoms with van der Waals surface area (Å²) in [7, 11) is 0. The summed E-state index contributed by atoms with van der Waals surface area (Å²) < 4.78 is 5.48. The van der Waals surface area contributed by atoms with Crippen LogP contribution in [0, 0.1) is 0 Å². The highest BCUT2D eigenvalue weighted by atomic mass is 16.5. The fourth-order valence-electron chi connectivity index (χ4n) is 11.8. The zero-order chi connectivity index (χ0) is 58.5. The summed E-state index contributed by atoms with van der Waals surface area (Å²) in [4.78, 5) is 24.5. The van der Waals surface area contributed by atoms with Gasteiger partial charge in [0.1, 0.15) is 0 Å². The lowest BCUT2D eigenvalue weighted by molar-refractivity contribution is -0.143. The molecule has 0 aromatic heterocycles. The van der Waals surface area contributed by atoms with Gasteiger partial charge in [0.15, 0.2) is 0 Å². The summed E-state index contributed by atoms with van der Waals surface area (Å²) in [6.07, 6.45) is 89.8. The second-order valence-corrected chi connectivity index (χ2v) is 25.6. The Morgan fingerprint density at radius 3 is 0.901 bits per heavy atom. The maximum Gasteiger partial charge on any atom is 0.305 e. The number of carbonyl (C=O) groups excluding carboxylic acids is 2. The molecule has 2 atom stereocenters. The lowest BCUT2D eigenvalue weighted by Gasteiger charge is -2.22. The van der Waals surface area contributed by atoms with Crippen LogP contribution in [-0.4, -0.2) is 47.4 Å². The number of hydrogen-bond acceptors (Lipinski definition) is 5. The molecular weight excluding hydrogens is 995 g/mol. The third-order valence-corrected chi connectivity index (χ3v) is 17.5. The average molecular weight is 1140 g/mol. The Bertz CT molecular complexity index is 1270. The fourth-order valence-corrected chi connectivity index (χ4v) is 11.8. The summed E-state index contributed by atoms with van der Waals surface area (Å²) in [5, 5.41) is 23.3. The van der Waals surface area contributed by atoms with Crippen molar-refractivity contribution in [1.29, 1.82) is 0 Å². The van der Waals surface area contributed by atoms with Gasteiger partial charge in [-0.3, -0.25) is 9.59 Å². The van der Waals surface area contributed by atoms with Gasteiger partial charge in [-0.15, -0.1) is 0 Å². The Labute approximate surface area is 507 Å². The molecule has 1 amide bonds. The molecule has 0 aliphatic heterocycles. The van der Waals surface area contributed by atoms with Crippen LogP contribution in [0.5, 0.6) is 0 Å². The fraction of sp³-hybridized carbons (Fsp3) is 0.920. The molecule has 0 bridgehead atoms. The van der Waals surface area contributed by atoms with Crippen LogP contribution in [0.1, 0.15) is 418 Å². The lowest BCUT2D eigenvalue weighted by Crippen LogP contribution is -2.45. The highest BCUT2D eigenvalue weighted by Crippen LogP contribution is 2.19. The van der Waals surface area contributed by atoms with Gasteiger partial charge in [-0.1, -0.05) is 353 Å². The molecule has 0 heterocycles. The monoisotopic (exact) mass is 1140 g/mol. The van der Waals surface area contributed by atoms with Crippen molar-refractivity contribution in [1.82, 2.24) is 5.32 Å². The first kappa shape index (κ1) is 79.3. The highest BCUT2D eigenvalue weighted by Gasteiger charge is 2.20. The van der Waals surface area contributed by atoms with Gasteiger partial charge in [-0.25, -0.2) is 0 Å². The second kappa shape index (κ2) is 70.8. The third-order valence-electron chi connectivity index (χ3n) is 17.5.